The van der Waals surface area contributed by atoms with E-state index < -0.39 is 10.0 Å². The highest BCUT2D eigenvalue weighted by Gasteiger charge is 2.14. The largest absolute Gasteiger partial charge is 0.250 e. The van der Waals surface area contributed by atoms with Crippen molar-refractivity contribution in [3.63, 3.8) is 0 Å². The van der Waals surface area contributed by atoms with Gasteiger partial charge in [-0.25, -0.2) is 22.8 Å². The molecule has 0 saturated heterocycles. The molecule has 0 aromatic carbocycles. The van der Waals surface area contributed by atoms with Crippen molar-refractivity contribution < 1.29 is 8.42 Å². The zero-order chi connectivity index (χ0) is 14.7. The molecule has 0 unspecified atom stereocenters. The van der Waals surface area contributed by atoms with Gasteiger partial charge in [-0.15, -0.1) is 11.3 Å². The van der Waals surface area contributed by atoms with E-state index in [4.69, 9.17) is 0 Å². The van der Waals surface area contributed by atoms with Gasteiger partial charge in [0, 0.05) is 25.1 Å². The molecule has 3 heterocycles. The summed E-state index contributed by atoms with van der Waals surface area (Å²) in [6.45, 7) is 0.205. The van der Waals surface area contributed by atoms with Crippen LogP contribution < -0.4 is 4.72 Å². The molecule has 8 heteroatoms. The number of nitrogens with one attached hydrogen (secondary N) is 1. The van der Waals surface area contributed by atoms with Crippen molar-refractivity contribution in [1.82, 2.24) is 19.5 Å². The van der Waals surface area contributed by atoms with E-state index in [0.717, 1.165) is 5.56 Å². The number of thiophene rings is 1. The van der Waals surface area contributed by atoms with Crippen molar-refractivity contribution in [2.45, 2.75) is 10.8 Å². The highest BCUT2D eigenvalue weighted by molar-refractivity contribution is 7.91. The van der Waals surface area contributed by atoms with Gasteiger partial charge in [0.15, 0.2) is 5.82 Å². The van der Waals surface area contributed by atoms with Crippen LogP contribution in [0.2, 0.25) is 0 Å². The Morgan fingerprint density at radius 1 is 1.24 bits per heavy atom. The lowest BCUT2D eigenvalue weighted by molar-refractivity contribution is 0.583. The Labute approximate surface area is 126 Å². The van der Waals surface area contributed by atoms with E-state index in [1.807, 2.05) is 0 Å². The van der Waals surface area contributed by atoms with Crippen LogP contribution in [0, 0.1) is 0 Å². The quantitative estimate of drug-likeness (QED) is 0.778. The highest BCUT2D eigenvalue weighted by Crippen LogP contribution is 2.16. The third-order valence-electron chi connectivity index (χ3n) is 2.78. The highest BCUT2D eigenvalue weighted by atomic mass is 32.2. The lowest BCUT2D eigenvalue weighted by Crippen LogP contribution is -2.22. The first kappa shape index (κ1) is 13.9. The molecule has 1 N–H and O–H groups in total. The zero-order valence-electron chi connectivity index (χ0n) is 10.9. The van der Waals surface area contributed by atoms with Crippen LogP contribution in [0.25, 0.3) is 5.82 Å². The van der Waals surface area contributed by atoms with E-state index in [2.05, 4.69) is 14.8 Å². The van der Waals surface area contributed by atoms with Gasteiger partial charge in [-0.1, -0.05) is 6.07 Å². The van der Waals surface area contributed by atoms with Crippen LogP contribution in [0.15, 0.2) is 58.5 Å². The van der Waals surface area contributed by atoms with Crippen LogP contribution in [0.5, 0.6) is 0 Å². The lowest BCUT2D eigenvalue weighted by Gasteiger charge is -2.06. The first-order valence-corrected chi connectivity index (χ1v) is 8.49. The molecule has 0 fully saturated rings. The molecule has 6 nitrogen and oxygen atoms in total. The van der Waals surface area contributed by atoms with Crippen LogP contribution >= 0.6 is 11.3 Å². The third kappa shape index (κ3) is 3.18. The summed E-state index contributed by atoms with van der Waals surface area (Å²) in [5.41, 5.74) is 0.815. The van der Waals surface area contributed by atoms with Gasteiger partial charge in [0.05, 0.1) is 0 Å². The summed E-state index contributed by atoms with van der Waals surface area (Å²) in [7, 11) is -3.46. The monoisotopic (exact) mass is 320 g/mol. The van der Waals surface area contributed by atoms with E-state index in [1.165, 1.54) is 11.3 Å². The minimum atomic E-state index is -3.46. The molecule has 0 atom stereocenters. The topological polar surface area (TPSA) is 76.9 Å². The Bertz CT molecular complexity index is 812. The molecule has 0 bridgehead atoms. The lowest BCUT2D eigenvalue weighted by atomic mass is 10.2. The van der Waals surface area contributed by atoms with E-state index in [9.17, 15) is 8.42 Å². The summed E-state index contributed by atoms with van der Waals surface area (Å²) in [6.07, 6.45) is 5.07. The van der Waals surface area contributed by atoms with E-state index in [0.29, 0.717) is 10.0 Å². The van der Waals surface area contributed by atoms with Crippen LogP contribution in [0.1, 0.15) is 5.56 Å². The van der Waals surface area contributed by atoms with Gasteiger partial charge in [-0.2, -0.15) is 5.10 Å². The summed E-state index contributed by atoms with van der Waals surface area (Å²) in [5.74, 6) is 0.646. The zero-order valence-corrected chi connectivity index (χ0v) is 12.5. The van der Waals surface area contributed by atoms with Crippen LogP contribution in [0.3, 0.4) is 0 Å². The molecule has 0 aliphatic rings. The number of rotatable bonds is 5. The van der Waals surface area contributed by atoms with Crippen LogP contribution in [-0.4, -0.2) is 23.2 Å². The SMILES string of the molecule is O=S(=O)(NCc1ccnc(-n2cccn2)c1)c1cccs1. The summed E-state index contributed by atoms with van der Waals surface area (Å²) in [5, 5.41) is 5.83. The maximum absolute atomic E-state index is 12.0. The number of nitrogens with zero attached hydrogens (tertiary/aromatic N) is 3. The molecule has 0 aliphatic heterocycles. The number of hydrogen-bond donors (Lipinski definition) is 1. The molecule has 0 amide bonds. The molecule has 3 aromatic heterocycles. The van der Waals surface area contributed by atoms with Gasteiger partial charge in [-0.3, -0.25) is 0 Å². The Morgan fingerprint density at radius 2 is 2.14 bits per heavy atom. The van der Waals surface area contributed by atoms with Gasteiger partial charge >= 0.3 is 0 Å². The Morgan fingerprint density at radius 3 is 2.86 bits per heavy atom. The van der Waals surface area contributed by atoms with Gasteiger partial charge < -0.3 is 0 Å². The molecule has 108 valence electrons. The number of pyridine rings is 1. The van der Waals surface area contributed by atoms with Crippen molar-refractivity contribution in [2.24, 2.45) is 0 Å². The molecular weight excluding hydrogens is 308 g/mol. The average Bonchev–Trinajstić information content (AvgIpc) is 3.18. The van der Waals surface area contributed by atoms with Crippen molar-refractivity contribution in [3.05, 3.63) is 59.9 Å². The van der Waals surface area contributed by atoms with Crippen molar-refractivity contribution in [3.8, 4) is 5.82 Å². The predicted octanol–water partition coefficient (Wildman–Crippen LogP) is 1.81. The van der Waals surface area contributed by atoms with Crippen LogP contribution in [-0.2, 0) is 16.6 Å². The fourth-order valence-electron chi connectivity index (χ4n) is 1.77. The van der Waals surface area contributed by atoms with Gasteiger partial charge in [0.25, 0.3) is 0 Å². The summed E-state index contributed by atoms with van der Waals surface area (Å²) < 4.78 is 28.6. The van der Waals surface area contributed by atoms with Crippen molar-refractivity contribution >= 4 is 21.4 Å². The standard InChI is InChI=1S/C13H12N4O2S2/c18-21(19,13-3-1-8-20-13)16-10-11-4-6-14-12(9-11)17-7-2-5-15-17/h1-9,16H,10H2. The molecule has 21 heavy (non-hydrogen) atoms. The Kier molecular flexibility index (Phi) is 3.82. The molecule has 3 aromatic rings. The smallest absolute Gasteiger partial charge is 0.237 e. The fourth-order valence-corrected chi connectivity index (χ4v) is 3.82. The number of hydrogen-bond acceptors (Lipinski definition) is 5. The van der Waals surface area contributed by atoms with Crippen LogP contribution in [0.4, 0.5) is 0 Å². The predicted molar refractivity (Wildman–Crippen MR) is 79.7 cm³/mol. The van der Waals surface area contributed by atoms with E-state index in [-0.39, 0.29) is 6.54 Å². The van der Waals surface area contributed by atoms with Gasteiger partial charge in [-0.05, 0) is 35.2 Å². The normalized spacial score (nSPS) is 11.6. The summed E-state index contributed by atoms with van der Waals surface area (Å²) in [4.78, 5) is 4.20. The Hall–Kier alpha value is -2.03. The maximum atomic E-state index is 12.0. The average molecular weight is 320 g/mol. The molecule has 0 spiro atoms. The minimum Gasteiger partial charge on any atom is -0.237 e. The Balaban J connectivity index is 1.76. The molecule has 3 rings (SSSR count). The second-order valence-corrected chi connectivity index (χ2v) is 7.17. The second kappa shape index (κ2) is 5.76. The maximum Gasteiger partial charge on any atom is 0.250 e. The second-order valence-electron chi connectivity index (χ2n) is 4.23. The fraction of sp³-hybridized carbons (Fsp3) is 0.0769. The molecule has 0 aliphatic carbocycles. The van der Waals surface area contributed by atoms with Crippen molar-refractivity contribution in [1.29, 1.82) is 0 Å². The first-order chi connectivity index (χ1) is 10.1. The van der Waals surface area contributed by atoms with Gasteiger partial charge in [0.1, 0.15) is 4.21 Å². The molecule has 0 radical (unpaired) electrons. The van der Waals surface area contributed by atoms with E-state index >= 15 is 0 Å². The summed E-state index contributed by atoms with van der Waals surface area (Å²) >= 11 is 1.19. The number of aromatic nitrogens is 3. The van der Waals surface area contributed by atoms with Gasteiger partial charge in [0.2, 0.25) is 10.0 Å². The summed E-state index contributed by atoms with van der Waals surface area (Å²) in [6, 6.07) is 8.65. The molecular formula is C13H12N4O2S2. The number of sulfonamides is 1. The first-order valence-electron chi connectivity index (χ1n) is 6.13. The molecule has 0 saturated carbocycles. The van der Waals surface area contributed by atoms with E-state index in [1.54, 1.807) is 59.0 Å². The van der Waals surface area contributed by atoms with Crippen molar-refractivity contribution in [2.75, 3.05) is 0 Å². The third-order valence-corrected chi connectivity index (χ3v) is 5.57. The minimum absolute atomic E-state index is 0.205.